The summed E-state index contributed by atoms with van der Waals surface area (Å²) < 4.78 is 0. The molecule has 2 unspecified atom stereocenters. The van der Waals surface area contributed by atoms with E-state index in [0.29, 0.717) is 0 Å². The Hall–Kier alpha value is -1.33. The van der Waals surface area contributed by atoms with Gasteiger partial charge in [-0.3, -0.25) is 4.98 Å². The standard InChI is InChI=1S/C11H14N4S/c1-8(12)10(9-4-2-3-5-13-9)16-11-14-6-7-15-11/h2-8,10H,12H2,1H3,(H,14,15). The first-order valence-corrected chi connectivity index (χ1v) is 5.98. The summed E-state index contributed by atoms with van der Waals surface area (Å²) in [6.45, 7) is 1.98. The van der Waals surface area contributed by atoms with Crippen molar-refractivity contribution in [1.82, 2.24) is 15.0 Å². The number of rotatable bonds is 4. The van der Waals surface area contributed by atoms with Gasteiger partial charge in [-0.1, -0.05) is 17.8 Å². The summed E-state index contributed by atoms with van der Waals surface area (Å²) in [5.41, 5.74) is 6.97. The molecule has 2 aromatic rings. The highest BCUT2D eigenvalue weighted by molar-refractivity contribution is 7.99. The number of nitrogens with zero attached hydrogens (tertiary/aromatic N) is 2. The second kappa shape index (κ2) is 5.14. The van der Waals surface area contributed by atoms with E-state index in [9.17, 15) is 0 Å². The smallest absolute Gasteiger partial charge is 0.165 e. The Morgan fingerprint density at radius 1 is 1.31 bits per heavy atom. The summed E-state index contributed by atoms with van der Waals surface area (Å²) in [5.74, 6) is 0. The van der Waals surface area contributed by atoms with E-state index in [1.165, 1.54) is 0 Å². The monoisotopic (exact) mass is 234 g/mol. The van der Waals surface area contributed by atoms with E-state index in [-0.39, 0.29) is 11.3 Å². The lowest BCUT2D eigenvalue weighted by Gasteiger charge is -2.18. The fraction of sp³-hybridized carbons (Fsp3) is 0.273. The largest absolute Gasteiger partial charge is 0.340 e. The van der Waals surface area contributed by atoms with Crippen molar-refractivity contribution in [3.8, 4) is 0 Å². The van der Waals surface area contributed by atoms with Crippen LogP contribution >= 0.6 is 11.8 Å². The quantitative estimate of drug-likeness (QED) is 0.794. The maximum absolute atomic E-state index is 5.98. The lowest BCUT2D eigenvalue weighted by molar-refractivity contribution is 0.703. The van der Waals surface area contributed by atoms with Crippen LogP contribution in [0.2, 0.25) is 0 Å². The van der Waals surface area contributed by atoms with E-state index < -0.39 is 0 Å². The Kier molecular flexibility index (Phi) is 3.58. The van der Waals surface area contributed by atoms with Crippen molar-refractivity contribution in [3.05, 3.63) is 42.5 Å². The molecule has 2 rings (SSSR count). The normalized spacial score (nSPS) is 14.6. The van der Waals surface area contributed by atoms with Gasteiger partial charge in [0.2, 0.25) is 0 Å². The van der Waals surface area contributed by atoms with Gasteiger partial charge in [0.15, 0.2) is 5.16 Å². The van der Waals surface area contributed by atoms with Gasteiger partial charge in [-0.2, -0.15) is 0 Å². The third kappa shape index (κ3) is 2.62. The van der Waals surface area contributed by atoms with Gasteiger partial charge in [-0.25, -0.2) is 4.98 Å². The molecule has 0 aliphatic heterocycles. The molecule has 0 spiro atoms. The van der Waals surface area contributed by atoms with Gasteiger partial charge >= 0.3 is 0 Å². The molecular formula is C11H14N4S. The predicted molar refractivity (Wildman–Crippen MR) is 65.1 cm³/mol. The number of nitrogens with two attached hydrogens (primary N) is 1. The van der Waals surface area contributed by atoms with Gasteiger partial charge in [0, 0.05) is 24.6 Å². The first-order valence-electron chi connectivity index (χ1n) is 5.10. The Balaban J connectivity index is 2.18. The minimum absolute atomic E-state index is 0.0185. The Morgan fingerprint density at radius 3 is 2.75 bits per heavy atom. The molecule has 2 atom stereocenters. The number of thioether (sulfide) groups is 1. The summed E-state index contributed by atoms with van der Waals surface area (Å²) >= 11 is 1.60. The molecule has 0 fully saturated rings. The lowest BCUT2D eigenvalue weighted by atomic mass is 10.2. The molecule has 2 heterocycles. The van der Waals surface area contributed by atoms with Crippen molar-refractivity contribution in [2.75, 3.05) is 0 Å². The molecule has 0 aromatic carbocycles. The number of pyridine rings is 1. The minimum Gasteiger partial charge on any atom is -0.340 e. The van der Waals surface area contributed by atoms with Crippen LogP contribution in [0.1, 0.15) is 17.9 Å². The first-order chi connectivity index (χ1) is 7.77. The van der Waals surface area contributed by atoms with Gasteiger partial charge in [-0.15, -0.1) is 0 Å². The van der Waals surface area contributed by atoms with E-state index >= 15 is 0 Å². The second-order valence-corrected chi connectivity index (χ2v) is 4.68. The van der Waals surface area contributed by atoms with Crippen LogP contribution in [0.3, 0.4) is 0 Å². The average Bonchev–Trinajstić information content (AvgIpc) is 2.79. The highest BCUT2D eigenvalue weighted by atomic mass is 32.2. The van der Waals surface area contributed by atoms with Crippen LogP contribution in [0.25, 0.3) is 0 Å². The molecule has 84 valence electrons. The SMILES string of the molecule is CC(N)C(Sc1ncc[nH]1)c1ccccn1. The number of nitrogens with one attached hydrogen (secondary N) is 1. The summed E-state index contributed by atoms with van der Waals surface area (Å²) in [6.07, 6.45) is 5.32. The van der Waals surface area contributed by atoms with Crippen molar-refractivity contribution in [1.29, 1.82) is 0 Å². The molecule has 0 bridgehead atoms. The zero-order valence-corrected chi connectivity index (χ0v) is 9.82. The van der Waals surface area contributed by atoms with Crippen LogP contribution in [0.15, 0.2) is 41.9 Å². The summed E-state index contributed by atoms with van der Waals surface area (Å²) in [7, 11) is 0. The number of hydrogen-bond donors (Lipinski definition) is 2. The molecule has 4 nitrogen and oxygen atoms in total. The zero-order chi connectivity index (χ0) is 11.4. The Bertz CT molecular complexity index is 413. The average molecular weight is 234 g/mol. The lowest BCUT2D eigenvalue weighted by Crippen LogP contribution is -2.23. The molecule has 16 heavy (non-hydrogen) atoms. The highest BCUT2D eigenvalue weighted by Crippen LogP contribution is 2.33. The summed E-state index contributed by atoms with van der Waals surface area (Å²) in [4.78, 5) is 11.6. The number of H-pyrrole nitrogens is 1. The predicted octanol–water partition coefficient (Wildman–Crippen LogP) is 1.99. The zero-order valence-electron chi connectivity index (χ0n) is 9.00. The van der Waals surface area contributed by atoms with E-state index in [4.69, 9.17) is 5.73 Å². The summed E-state index contributed by atoms with van der Waals surface area (Å²) in [5, 5.41) is 0.986. The molecule has 5 heteroatoms. The molecule has 0 amide bonds. The maximum atomic E-state index is 5.98. The number of aromatic nitrogens is 3. The molecule has 3 N–H and O–H groups in total. The summed E-state index contributed by atoms with van der Waals surface area (Å²) in [6, 6.07) is 5.88. The van der Waals surface area contributed by atoms with E-state index in [1.807, 2.05) is 25.1 Å². The minimum atomic E-state index is 0.0185. The molecule has 0 saturated carbocycles. The van der Waals surface area contributed by atoms with Crippen molar-refractivity contribution in [2.24, 2.45) is 5.73 Å². The fourth-order valence-electron chi connectivity index (χ4n) is 1.42. The van der Waals surface area contributed by atoms with Gasteiger partial charge in [0.05, 0.1) is 10.9 Å². The van der Waals surface area contributed by atoms with Crippen LogP contribution in [-0.2, 0) is 0 Å². The Morgan fingerprint density at radius 2 is 2.19 bits per heavy atom. The number of hydrogen-bond acceptors (Lipinski definition) is 4. The van der Waals surface area contributed by atoms with Crippen LogP contribution in [-0.4, -0.2) is 21.0 Å². The van der Waals surface area contributed by atoms with E-state index in [2.05, 4.69) is 15.0 Å². The molecular weight excluding hydrogens is 220 g/mol. The van der Waals surface area contributed by atoms with Crippen LogP contribution in [0.5, 0.6) is 0 Å². The third-order valence-electron chi connectivity index (χ3n) is 2.17. The maximum Gasteiger partial charge on any atom is 0.165 e. The van der Waals surface area contributed by atoms with Crippen molar-refractivity contribution in [3.63, 3.8) is 0 Å². The molecule has 0 radical (unpaired) electrons. The van der Waals surface area contributed by atoms with Crippen LogP contribution < -0.4 is 5.73 Å². The molecule has 0 saturated heterocycles. The second-order valence-electron chi connectivity index (χ2n) is 3.55. The molecule has 0 aliphatic rings. The van der Waals surface area contributed by atoms with Crippen LogP contribution in [0, 0.1) is 0 Å². The van der Waals surface area contributed by atoms with Gasteiger partial charge in [-0.05, 0) is 19.1 Å². The number of aromatic amines is 1. The Labute approximate surface area is 98.7 Å². The van der Waals surface area contributed by atoms with Gasteiger partial charge in [0.25, 0.3) is 0 Å². The molecule has 2 aromatic heterocycles. The van der Waals surface area contributed by atoms with Crippen molar-refractivity contribution in [2.45, 2.75) is 23.4 Å². The highest BCUT2D eigenvalue weighted by Gasteiger charge is 2.19. The van der Waals surface area contributed by atoms with E-state index in [1.54, 1.807) is 30.4 Å². The van der Waals surface area contributed by atoms with Gasteiger partial charge < -0.3 is 10.7 Å². The number of imidazole rings is 1. The third-order valence-corrected chi connectivity index (χ3v) is 3.54. The molecule has 0 aliphatic carbocycles. The van der Waals surface area contributed by atoms with E-state index in [0.717, 1.165) is 10.9 Å². The van der Waals surface area contributed by atoms with Crippen molar-refractivity contribution < 1.29 is 0 Å². The topological polar surface area (TPSA) is 67.6 Å². The first kappa shape index (κ1) is 11.2. The van der Waals surface area contributed by atoms with Crippen LogP contribution in [0.4, 0.5) is 0 Å². The fourth-order valence-corrected chi connectivity index (χ4v) is 2.39. The van der Waals surface area contributed by atoms with Crippen molar-refractivity contribution >= 4 is 11.8 Å². The van der Waals surface area contributed by atoms with Gasteiger partial charge in [0.1, 0.15) is 0 Å².